The van der Waals surface area contributed by atoms with Crippen LogP contribution in [0.4, 0.5) is 0 Å². The summed E-state index contributed by atoms with van der Waals surface area (Å²) in [5.74, 6) is 0.377. The third-order valence-electron chi connectivity index (χ3n) is 3.83. The molecule has 1 unspecified atom stereocenters. The van der Waals surface area contributed by atoms with Crippen LogP contribution in [-0.4, -0.2) is 11.3 Å². The van der Waals surface area contributed by atoms with Crippen molar-refractivity contribution in [1.82, 2.24) is 4.98 Å². The number of fused-ring (bicyclic) bond motifs is 1. The quantitative estimate of drug-likeness (QED) is 0.768. The van der Waals surface area contributed by atoms with E-state index in [4.69, 9.17) is 0 Å². The summed E-state index contributed by atoms with van der Waals surface area (Å²) in [7, 11) is 0. The van der Waals surface area contributed by atoms with E-state index in [0.717, 1.165) is 24.7 Å². The Labute approximate surface area is 107 Å². The van der Waals surface area contributed by atoms with Crippen molar-refractivity contribution in [3.05, 3.63) is 65.5 Å². The molecule has 2 heteroatoms. The van der Waals surface area contributed by atoms with Crippen LogP contribution in [0.5, 0.6) is 0 Å². The average Bonchev–Trinajstić information content (AvgIpc) is 2.84. The highest BCUT2D eigenvalue weighted by Crippen LogP contribution is 2.35. The summed E-state index contributed by atoms with van der Waals surface area (Å²) in [6.45, 7) is 0. The first kappa shape index (κ1) is 11.1. The van der Waals surface area contributed by atoms with Gasteiger partial charge in [-0.1, -0.05) is 24.3 Å². The molecule has 0 N–H and O–H groups in total. The molecule has 1 aromatic heterocycles. The fourth-order valence-corrected chi connectivity index (χ4v) is 2.89. The molecule has 0 radical (unpaired) electrons. The molecule has 3 rings (SSSR count). The average molecular weight is 237 g/mol. The second-order valence-corrected chi connectivity index (χ2v) is 4.88. The molecule has 1 atom stereocenters. The van der Waals surface area contributed by atoms with Crippen LogP contribution in [0, 0.1) is 5.92 Å². The molecule has 0 amide bonds. The van der Waals surface area contributed by atoms with Crippen LogP contribution >= 0.6 is 0 Å². The number of nitrogens with zero attached hydrogens (tertiary/aromatic N) is 1. The molecule has 0 saturated heterocycles. The Bertz CT molecular complexity index is 525. The van der Waals surface area contributed by atoms with E-state index < -0.39 is 0 Å². The topological polar surface area (TPSA) is 30.0 Å². The molecule has 18 heavy (non-hydrogen) atoms. The SMILES string of the molecule is O=CC(c1ccncc1)C1Cc2ccccc2C1. The molecule has 0 aliphatic heterocycles. The predicted octanol–water partition coefficient (Wildman–Crippen LogP) is 2.78. The summed E-state index contributed by atoms with van der Waals surface area (Å²) < 4.78 is 0. The molecule has 2 aromatic rings. The van der Waals surface area contributed by atoms with Crippen LogP contribution in [0.25, 0.3) is 0 Å². The first-order valence-electron chi connectivity index (χ1n) is 6.30. The number of pyridine rings is 1. The maximum Gasteiger partial charge on any atom is 0.127 e. The zero-order chi connectivity index (χ0) is 12.4. The first-order chi connectivity index (χ1) is 8.88. The second-order valence-electron chi connectivity index (χ2n) is 4.88. The van der Waals surface area contributed by atoms with Crippen LogP contribution in [0.2, 0.25) is 0 Å². The van der Waals surface area contributed by atoms with Crippen LogP contribution in [-0.2, 0) is 17.6 Å². The highest BCUT2D eigenvalue weighted by atomic mass is 16.1. The summed E-state index contributed by atoms with van der Waals surface area (Å²) in [4.78, 5) is 15.4. The molecule has 1 aliphatic rings. The smallest absolute Gasteiger partial charge is 0.127 e. The van der Waals surface area contributed by atoms with Crippen molar-refractivity contribution in [2.24, 2.45) is 5.92 Å². The maximum atomic E-state index is 11.4. The number of aromatic nitrogens is 1. The van der Waals surface area contributed by atoms with Crippen LogP contribution in [0.1, 0.15) is 22.6 Å². The van der Waals surface area contributed by atoms with E-state index in [0.29, 0.717) is 5.92 Å². The first-order valence-corrected chi connectivity index (χ1v) is 6.30. The molecule has 0 saturated carbocycles. The number of rotatable bonds is 3. The lowest BCUT2D eigenvalue weighted by atomic mass is 9.85. The van der Waals surface area contributed by atoms with Crippen molar-refractivity contribution in [1.29, 1.82) is 0 Å². The highest BCUT2D eigenvalue weighted by molar-refractivity contribution is 5.63. The minimum Gasteiger partial charge on any atom is -0.303 e. The van der Waals surface area contributed by atoms with Gasteiger partial charge in [0.25, 0.3) is 0 Å². The van der Waals surface area contributed by atoms with Crippen LogP contribution < -0.4 is 0 Å². The Kier molecular flexibility index (Phi) is 2.93. The van der Waals surface area contributed by atoms with Gasteiger partial charge in [0.2, 0.25) is 0 Å². The molecule has 90 valence electrons. The van der Waals surface area contributed by atoms with Gasteiger partial charge >= 0.3 is 0 Å². The van der Waals surface area contributed by atoms with Gasteiger partial charge in [0, 0.05) is 18.3 Å². The van der Waals surface area contributed by atoms with Crippen molar-refractivity contribution in [2.45, 2.75) is 18.8 Å². The molecular formula is C16H15NO. The monoisotopic (exact) mass is 237 g/mol. The number of carbonyl (C=O) groups is 1. The normalized spacial score (nSPS) is 16.2. The van der Waals surface area contributed by atoms with Gasteiger partial charge in [0.15, 0.2) is 0 Å². The van der Waals surface area contributed by atoms with E-state index in [-0.39, 0.29) is 5.92 Å². The zero-order valence-electron chi connectivity index (χ0n) is 10.1. The maximum absolute atomic E-state index is 11.4. The molecule has 0 bridgehead atoms. The fourth-order valence-electron chi connectivity index (χ4n) is 2.89. The fraction of sp³-hybridized carbons (Fsp3) is 0.250. The molecule has 0 fully saturated rings. The Hall–Kier alpha value is -1.96. The lowest BCUT2D eigenvalue weighted by Gasteiger charge is -2.17. The van der Waals surface area contributed by atoms with Crippen molar-refractivity contribution in [2.75, 3.05) is 0 Å². The number of hydrogen-bond donors (Lipinski definition) is 0. The van der Waals surface area contributed by atoms with Crippen LogP contribution in [0.15, 0.2) is 48.8 Å². The lowest BCUT2D eigenvalue weighted by molar-refractivity contribution is -0.110. The minimum atomic E-state index is -0.0135. The Morgan fingerprint density at radius 1 is 1.06 bits per heavy atom. The molecule has 2 nitrogen and oxygen atoms in total. The largest absolute Gasteiger partial charge is 0.303 e. The van der Waals surface area contributed by atoms with E-state index in [2.05, 4.69) is 29.2 Å². The Morgan fingerprint density at radius 3 is 2.22 bits per heavy atom. The van der Waals surface area contributed by atoms with Gasteiger partial charge in [-0.25, -0.2) is 0 Å². The van der Waals surface area contributed by atoms with Gasteiger partial charge in [-0.3, -0.25) is 4.98 Å². The Morgan fingerprint density at radius 2 is 1.67 bits per heavy atom. The predicted molar refractivity (Wildman–Crippen MR) is 70.4 cm³/mol. The third kappa shape index (κ3) is 1.94. The summed E-state index contributed by atoms with van der Waals surface area (Å²) in [5.41, 5.74) is 3.87. The molecular weight excluding hydrogens is 222 g/mol. The number of benzene rings is 1. The summed E-state index contributed by atoms with van der Waals surface area (Å²) in [5, 5.41) is 0. The zero-order valence-corrected chi connectivity index (χ0v) is 10.1. The van der Waals surface area contributed by atoms with E-state index in [1.807, 2.05) is 12.1 Å². The second kappa shape index (κ2) is 4.73. The molecule has 1 aliphatic carbocycles. The Balaban J connectivity index is 1.86. The van der Waals surface area contributed by atoms with Crippen molar-refractivity contribution >= 4 is 6.29 Å². The highest BCUT2D eigenvalue weighted by Gasteiger charge is 2.29. The van der Waals surface area contributed by atoms with E-state index >= 15 is 0 Å². The van der Waals surface area contributed by atoms with Crippen molar-refractivity contribution in [3.63, 3.8) is 0 Å². The van der Waals surface area contributed by atoms with E-state index in [1.165, 1.54) is 11.1 Å². The van der Waals surface area contributed by atoms with Gasteiger partial charge in [-0.05, 0) is 47.6 Å². The van der Waals surface area contributed by atoms with Gasteiger partial charge < -0.3 is 4.79 Å². The van der Waals surface area contributed by atoms with Gasteiger partial charge in [-0.2, -0.15) is 0 Å². The number of hydrogen-bond acceptors (Lipinski definition) is 2. The van der Waals surface area contributed by atoms with Crippen molar-refractivity contribution in [3.8, 4) is 0 Å². The number of aldehydes is 1. The van der Waals surface area contributed by atoms with Gasteiger partial charge in [-0.15, -0.1) is 0 Å². The summed E-state index contributed by atoms with van der Waals surface area (Å²) in [6, 6.07) is 12.4. The summed E-state index contributed by atoms with van der Waals surface area (Å²) >= 11 is 0. The molecule has 1 aromatic carbocycles. The van der Waals surface area contributed by atoms with Crippen LogP contribution in [0.3, 0.4) is 0 Å². The van der Waals surface area contributed by atoms with Crippen molar-refractivity contribution < 1.29 is 4.79 Å². The van der Waals surface area contributed by atoms with Gasteiger partial charge in [0.05, 0.1) is 0 Å². The summed E-state index contributed by atoms with van der Waals surface area (Å²) in [6.07, 6.45) is 6.61. The van der Waals surface area contributed by atoms with E-state index in [9.17, 15) is 4.79 Å². The number of carbonyl (C=O) groups excluding carboxylic acids is 1. The van der Waals surface area contributed by atoms with Gasteiger partial charge in [0.1, 0.15) is 6.29 Å². The molecule has 1 heterocycles. The lowest BCUT2D eigenvalue weighted by Crippen LogP contribution is -2.14. The standard InChI is InChI=1S/C16H15NO/c18-11-16(12-5-7-17-8-6-12)15-9-13-3-1-2-4-14(13)10-15/h1-8,11,15-16H,9-10H2. The van der Waals surface area contributed by atoms with E-state index in [1.54, 1.807) is 12.4 Å². The third-order valence-corrected chi connectivity index (χ3v) is 3.83. The molecule has 0 spiro atoms. The minimum absolute atomic E-state index is 0.0135.